The Morgan fingerprint density at radius 2 is 2.50 bits per heavy atom. The van der Waals surface area contributed by atoms with Crippen molar-refractivity contribution in [1.29, 1.82) is 0 Å². The molecule has 10 heavy (non-hydrogen) atoms. The van der Waals surface area contributed by atoms with Crippen molar-refractivity contribution in [2.75, 3.05) is 13.7 Å². The highest BCUT2D eigenvalue weighted by molar-refractivity contribution is 5.71. The minimum atomic E-state index is -1.23. The first-order chi connectivity index (χ1) is 4.70. The maximum Gasteiger partial charge on any atom is 0.405 e. The van der Waals surface area contributed by atoms with Crippen LogP contribution in [0.5, 0.6) is 0 Å². The Kier molecular flexibility index (Phi) is 4.23. The van der Waals surface area contributed by atoms with E-state index in [1.54, 1.807) is 0 Å². The Balaban J connectivity index is 3.59. The zero-order valence-corrected chi connectivity index (χ0v) is 5.53. The normalized spacial score (nSPS) is 12.1. The number of hydrogen-bond acceptors (Lipinski definition) is 3. The van der Waals surface area contributed by atoms with Crippen molar-refractivity contribution in [1.82, 2.24) is 5.32 Å². The lowest BCUT2D eigenvalue weighted by atomic mass is 10.4. The fourth-order valence-electron chi connectivity index (χ4n) is 0.453. The highest BCUT2D eigenvalue weighted by Crippen LogP contribution is 1.78. The number of rotatable bonds is 4. The van der Waals surface area contributed by atoms with Gasteiger partial charge in [0.15, 0.2) is 0 Å². The van der Waals surface area contributed by atoms with Gasteiger partial charge in [0.05, 0.1) is 6.61 Å². The standard InChI is InChI=1S/C5H9NO4/c1-10-3-4(2-7)6-5(8)9/h2,4,6H,3H2,1H3,(H,8,9). The molecule has 0 spiro atoms. The molecule has 0 aromatic carbocycles. The SMILES string of the molecule is COCC(C=O)NC(=O)O. The van der Waals surface area contributed by atoms with E-state index in [1.165, 1.54) is 7.11 Å². The van der Waals surface area contributed by atoms with E-state index in [4.69, 9.17) is 5.11 Å². The molecule has 0 aliphatic rings. The van der Waals surface area contributed by atoms with Crippen LogP contribution in [0.4, 0.5) is 4.79 Å². The van der Waals surface area contributed by atoms with Crippen molar-refractivity contribution in [3.8, 4) is 0 Å². The molecular formula is C5H9NO4. The van der Waals surface area contributed by atoms with Gasteiger partial charge in [-0.1, -0.05) is 0 Å². The van der Waals surface area contributed by atoms with Crippen molar-refractivity contribution in [3.05, 3.63) is 0 Å². The Hall–Kier alpha value is -1.10. The Labute approximate surface area is 58.0 Å². The third-order valence-electron chi connectivity index (χ3n) is 0.819. The monoisotopic (exact) mass is 147 g/mol. The second-order valence-corrected chi connectivity index (χ2v) is 1.65. The molecule has 0 bridgehead atoms. The fraction of sp³-hybridized carbons (Fsp3) is 0.600. The molecule has 0 aliphatic carbocycles. The molecule has 1 amide bonds. The summed E-state index contributed by atoms with van der Waals surface area (Å²) in [6.45, 7) is 0.0653. The molecule has 0 rings (SSSR count). The molecular weight excluding hydrogens is 138 g/mol. The van der Waals surface area contributed by atoms with Gasteiger partial charge in [-0.25, -0.2) is 4.79 Å². The zero-order valence-electron chi connectivity index (χ0n) is 5.53. The first-order valence-electron chi connectivity index (χ1n) is 2.64. The van der Waals surface area contributed by atoms with Gasteiger partial charge in [0.1, 0.15) is 12.3 Å². The predicted molar refractivity (Wildman–Crippen MR) is 32.9 cm³/mol. The Morgan fingerprint density at radius 1 is 1.90 bits per heavy atom. The lowest BCUT2D eigenvalue weighted by Crippen LogP contribution is -2.38. The summed E-state index contributed by atoms with van der Waals surface area (Å²) in [5, 5.41) is 10.1. The van der Waals surface area contributed by atoms with E-state index in [9.17, 15) is 9.59 Å². The lowest BCUT2D eigenvalue weighted by molar-refractivity contribution is -0.110. The summed E-state index contributed by atoms with van der Waals surface area (Å²) in [6.07, 6.45) is -0.744. The maximum absolute atomic E-state index is 10.0. The predicted octanol–water partition coefficient (Wildman–Crippen LogP) is -0.532. The van der Waals surface area contributed by atoms with Crippen LogP contribution in [-0.2, 0) is 9.53 Å². The third-order valence-corrected chi connectivity index (χ3v) is 0.819. The lowest BCUT2D eigenvalue weighted by Gasteiger charge is -2.06. The summed E-state index contributed by atoms with van der Waals surface area (Å²) in [5.74, 6) is 0. The third kappa shape index (κ3) is 3.85. The molecule has 0 aliphatic heterocycles. The maximum atomic E-state index is 10.0. The quantitative estimate of drug-likeness (QED) is 0.524. The molecule has 1 unspecified atom stereocenters. The summed E-state index contributed by atoms with van der Waals surface area (Å²) in [4.78, 5) is 19.9. The Morgan fingerprint density at radius 3 is 2.80 bits per heavy atom. The van der Waals surface area contributed by atoms with E-state index in [2.05, 4.69) is 4.74 Å². The van der Waals surface area contributed by atoms with Gasteiger partial charge >= 0.3 is 6.09 Å². The largest absolute Gasteiger partial charge is 0.465 e. The molecule has 0 aromatic heterocycles. The highest BCUT2D eigenvalue weighted by Gasteiger charge is 2.07. The average molecular weight is 147 g/mol. The summed E-state index contributed by atoms with van der Waals surface area (Å²) in [7, 11) is 1.39. The van der Waals surface area contributed by atoms with Gasteiger partial charge in [-0.15, -0.1) is 0 Å². The topological polar surface area (TPSA) is 75.6 Å². The second-order valence-electron chi connectivity index (χ2n) is 1.65. The molecule has 0 saturated carbocycles. The van der Waals surface area contributed by atoms with Gasteiger partial charge in [-0.3, -0.25) is 0 Å². The number of carbonyl (C=O) groups excluding carboxylic acids is 1. The van der Waals surface area contributed by atoms with Crippen molar-refractivity contribution >= 4 is 12.4 Å². The van der Waals surface area contributed by atoms with Crippen LogP contribution in [0.15, 0.2) is 0 Å². The molecule has 0 saturated heterocycles. The fourth-order valence-corrected chi connectivity index (χ4v) is 0.453. The van der Waals surface area contributed by atoms with Crippen LogP contribution in [0.25, 0.3) is 0 Å². The molecule has 1 atom stereocenters. The van der Waals surface area contributed by atoms with E-state index >= 15 is 0 Å². The highest BCUT2D eigenvalue weighted by atomic mass is 16.5. The van der Waals surface area contributed by atoms with E-state index in [1.807, 2.05) is 5.32 Å². The van der Waals surface area contributed by atoms with Gasteiger partial charge in [-0.2, -0.15) is 0 Å². The first kappa shape index (κ1) is 8.90. The van der Waals surface area contributed by atoms with Gasteiger partial charge in [-0.05, 0) is 0 Å². The molecule has 5 heteroatoms. The number of carboxylic acid groups (broad SMARTS) is 1. The Bertz CT molecular complexity index is 125. The number of ether oxygens (including phenoxy) is 1. The van der Waals surface area contributed by atoms with Crippen molar-refractivity contribution in [3.63, 3.8) is 0 Å². The molecule has 2 N–H and O–H groups in total. The van der Waals surface area contributed by atoms with E-state index in [0.717, 1.165) is 0 Å². The molecule has 5 nitrogen and oxygen atoms in total. The molecule has 58 valence electrons. The van der Waals surface area contributed by atoms with Crippen LogP contribution in [0.1, 0.15) is 0 Å². The van der Waals surface area contributed by atoms with Crippen molar-refractivity contribution in [2.45, 2.75) is 6.04 Å². The van der Waals surface area contributed by atoms with Gasteiger partial charge < -0.3 is 20.0 Å². The zero-order chi connectivity index (χ0) is 7.98. The summed E-state index contributed by atoms with van der Waals surface area (Å²) in [5.41, 5.74) is 0. The molecule has 0 fully saturated rings. The smallest absolute Gasteiger partial charge is 0.405 e. The molecule has 0 aromatic rings. The molecule has 0 radical (unpaired) electrons. The number of aldehydes is 1. The van der Waals surface area contributed by atoms with Crippen LogP contribution in [-0.4, -0.2) is 37.2 Å². The first-order valence-corrected chi connectivity index (χ1v) is 2.64. The van der Waals surface area contributed by atoms with E-state index < -0.39 is 12.1 Å². The number of amides is 1. The number of hydrogen-bond donors (Lipinski definition) is 2. The van der Waals surface area contributed by atoms with Gasteiger partial charge in [0, 0.05) is 7.11 Å². The van der Waals surface area contributed by atoms with Crippen LogP contribution in [0.3, 0.4) is 0 Å². The average Bonchev–Trinajstić information content (AvgIpc) is 1.86. The van der Waals surface area contributed by atoms with Crippen LogP contribution >= 0.6 is 0 Å². The summed E-state index contributed by atoms with van der Waals surface area (Å²) >= 11 is 0. The molecule has 0 heterocycles. The summed E-state index contributed by atoms with van der Waals surface area (Å²) in [6, 6.07) is -0.762. The van der Waals surface area contributed by atoms with Crippen LogP contribution in [0, 0.1) is 0 Å². The number of methoxy groups -OCH3 is 1. The van der Waals surface area contributed by atoms with Crippen LogP contribution in [0.2, 0.25) is 0 Å². The van der Waals surface area contributed by atoms with Gasteiger partial charge in [0.2, 0.25) is 0 Å². The van der Waals surface area contributed by atoms with E-state index in [0.29, 0.717) is 6.29 Å². The van der Waals surface area contributed by atoms with Crippen LogP contribution < -0.4 is 5.32 Å². The number of carbonyl (C=O) groups is 2. The van der Waals surface area contributed by atoms with Gasteiger partial charge in [0.25, 0.3) is 0 Å². The van der Waals surface area contributed by atoms with E-state index in [-0.39, 0.29) is 6.61 Å². The van der Waals surface area contributed by atoms with Crippen molar-refractivity contribution in [2.24, 2.45) is 0 Å². The summed E-state index contributed by atoms with van der Waals surface area (Å²) < 4.78 is 4.54. The van der Waals surface area contributed by atoms with Crippen molar-refractivity contribution < 1.29 is 19.4 Å². The number of nitrogens with one attached hydrogen (secondary N) is 1. The minimum Gasteiger partial charge on any atom is -0.465 e. The minimum absolute atomic E-state index is 0.0653. The second kappa shape index (κ2) is 4.75.